The van der Waals surface area contributed by atoms with Crippen LogP contribution in [0.1, 0.15) is 13.8 Å². The number of nitrogens with one attached hydrogen (secondary N) is 1. The van der Waals surface area contributed by atoms with E-state index in [1.165, 1.54) is 12.3 Å². The molecule has 0 aliphatic heterocycles. The average Bonchev–Trinajstić information content (AvgIpc) is 2.21. The zero-order valence-corrected chi connectivity index (χ0v) is 9.77. The lowest BCUT2D eigenvalue weighted by Crippen LogP contribution is -2.41. The summed E-state index contributed by atoms with van der Waals surface area (Å²) >= 11 is 4.77. The summed E-state index contributed by atoms with van der Waals surface area (Å²) < 4.78 is 13.2. The number of rotatable bonds is 3. The number of carbonyl (C=O) groups is 1. The second kappa shape index (κ2) is 4.52. The van der Waals surface area contributed by atoms with Crippen molar-refractivity contribution in [3.05, 3.63) is 24.3 Å². The van der Waals surface area contributed by atoms with E-state index in [0.717, 1.165) is 6.20 Å². The topological polar surface area (TPSA) is 68.0 Å². The van der Waals surface area contributed by atoms with Crippen LogP contribution in [0.4, 0.5) is 10.1 Å². The molecule has 1 aromatic rings. The Morgan fingerprint density at radius 1 is 1.62 bits per heavy atom. The molecule has 0 aliphatic carbocycles. The number of thiocarbonyl (C=S) groups is 1. The number of carbonyl (C=O) groups excluding carboxylic acids is 1. The molecule has 0 saturated heterocycles. The minimum atomic E-state index is -1.02. The maximum Gasteiger partial charge on any atom is 0.236 e. The maximum absolute atomic E-state index is 13.2. The summed E-state index contributed by atoms with van der Waals surface area (Å²) in [7, 11) is 0. The Labute approximate surface area is 98.1 Å². The summed E-state index contributed by atoms with van der Waals surface area (Å²) in [6.07, 6.45) is 2.40. The first-order chi connectivity index (χ1) is 7.35. The van der Waals surface area contributed by atoms with Crippen LogP contribution in [0.2, 0.25) is 0 Å². The maximum atomic E-state index is 13.2. The average molecular weight is 241 g/mol. The first-order valence-corrected chi connectivity index (χ1v) is 4.97. The number of aromatic nitrogens is 1. The van der Waals surface area contributed by atoms with E-state index in [1.807, 2.05) is 0 Å². The molecule has 1 amide bonds. The summed E-state index contributed by atoms with van der Waals surface area (Å²) in [5, 5.41) is 2.41. The van der Waals surface area contributed by atoms with Crippen LogP contribution in [-0.4, -0.2) is 15.9 Å². The Bertz CT molecular complexity index is 434. The normalized spacial score (nSPS) is 10.9. The standard InChI is InChI=1S/C10H12FN3OS/c1-10(2,8(12)16)9(15)14-7-3-4-13-5-6(7)11/h3-5H,1-2H3,(H2,12,16)(H,13,14,15). The molecule has 0 atom stereocenters. The summed E-state index contributed by atoms with van der Waals surface area (Å²) in [6.45, 7) is 3.15. The third-order valence-electron chi connectivity index (χ3n) is 2.20. The number of nitrogens with zero attached hydrogens (tertiary/aromatic N) is 1. The number of hydrogen-bond donors (Lipinski definition) is 2. The fraction of sp³-hybridized carbons (Fsp3) is 0.300. The Kier molecular flexibility index (Phi) is 3.54. The van der Waals surface area contributed by atoms with Gasteiger partial charge in [0.15, 0.2) is 5.82 Å². The number of amides is 1. The van der Waals surface area contributed by atoms with Crippen molar-refractivity contribution in [3.8, 4) is 0 Å². The highest BCUT2D eigenvalue weighted by molar-refractivity contribution is 7.80. The molecule has 0 unspecified atom stereocenters. The van der Waals surface area contributed by atoms with Crippen LogP contribution < -0.4 is 11.1 Å². The third kappa shape index (κ3) is 2.52. The lowest BCUT2D eigenvalue weighted by Gasteiger charge is -2.21. The summed E-state index contributed by atoms with van der Waals surface area (Å²) in [5.74, 6) is -1.06. The van der Waals surface area contributed by atoms with E-state index in [-0.39, 0.29) is 10.7 Å². The molecule has 0 fully saturated rings. The van der Waals surface area contributed by atoms with Gasteiger partial charge in [0.2, 0.25) is 5.91 Å². The Hall–Kier alpha value is -1.56. The monoisotopic (exact) mass is 241 g/mol. The Morgan fingerprint density at radius 3 is 2.75 bits per heavy atom. The number of halogens is 1. The molecule has 0 saturated carbocycles. The molecule has 1 heterocycles. The minimum Gasteiger partial charge on any atom is -0.392 e. The number of anilines is 1. The Morgan fingerprint density at radius 2 is 2.25 bits per heavy atom. The van der Waals surface area contributed by atoms with Gasteiger partial charge in [0.05, 0.1) is 22.3 Å². The molecule has 0 radical (unpaired) electrons. The van der Waals surface area contributed by atoms with Crippen molar-refractivity contribution in [2.24, 2.45) is 11.1 Å². The molecule has 4 nitrogen and oxygen atoms in total. The SMILES string of the molecule is CC(C)(C(=O)Nc1ccncc1F)C(N)=S. The minimum absolute atomic E-state index is 0.0551. The van der Waals surface area contributed by atoms with Crippen molar-refractivity contribution in [2.45, 2.75) is 13.8 Å². The third-order valence-corrected chi connectivity index (χ3v) is 2.71. The molecule has 1 rings (SSSR count). The van der Waals surface area contributed by atoms with Crippen LogP contribution in [0.15, 0.2) is 18.5 Å². The molecule has 0 aliphatic rings. The van der Waals surface area contributed by atoms with Gasteiger partial charge in [-0.2, -0.15) is 0 Å². The van der Waals surface area contributed by atoms with Gasteiger partial charge in [0.1, 0.15) is 0 Å². The number of pyridine rings is 1. The molecule has 1 aromatic heterocycles. The molecule has 86 valence electrons. The molecule has 16 heavy (non-hydrogen) atoms. The van der Waals surface area contributed by atoms with Gasteiger partial charge in [0.25, 0.3) is 0 Å². The van der Waals surface area contributed by atoms with Crippen molar-refractivity contribution in [1.82, 2.24) is 4.98 Å². The predicted octanol–water partition coefficient (Wildman–Crippen LogP) is 1.47. The molecular formula is C10H12FN3OS. The van der Waals surface area contributed by atoms with Crippen LogP contribution in [0.3, 0.4) is 0 Å². The van der Waals surface area contributed by atoms with Gasteiger partial charge in [-0.1, -0.05) is 12.2 Å². The molecule has 0 bridgehead atoms. The molecule has 0 aromatic carbocycles. The van der Waals surface area contributed by atoms with Gasteiger partial charge in [0, 0.05) is 6.20 Å². The van der Waals surface area contributed by atoms with Crippen molar-refractivity contribution < 1.29 is 9.18 Å². The predicted molar refractivity (Wildman–Crippen MR) is 63.4 cm³/mol. The van der Waals surface area contributed by atoms with Crippen LogP contribution >= 0.6 is 12.2 Å². The number of hydrogen-bond acceptors (Lipinski definition) is 3. The lowest BCUT2D eigenvalue weighted by molar-refractivity contribution is -0.121. The fourth-order valence-corrected chi connectivity index (χ4v) is 0.960. The first-order valence-electron chi connectivity index (χ1n) is 4.56. The largest absolute Gasteiger partial charge is 0.392 e. The zero-order valence-electron chi connectivity index (χ0n) is 8.95. The van der Waals surface area contributed by atoms with Crippen LogP contribution in [0, 0.1) is 11.2 Å². The first kappa shape index (κ1) is 12.5. The highest BCUT2D eigenvalue weighted by atomic mass is 32.1. The quantitative estimate of drug-likeness (QED) is 0.786. The molecule has 3 N–H and O–H groups in total. The van der Waals surface area contributed by atoms with Crippen LogP contribution in [0.5, 0.6) is 0 Å². The van der Waals surface area contributed by atoms with E-state index < -0.39 is 17.1 Å². The van der Waals surface area contributed by atoms with Gasteiger partial charge in [-0.3, -0.25) is 9.78 Å². The van der Waals surface area contributed by atoms with E-state index in [1.54, 1.807) is 13.8 Å². The van der Waals surface area contributed by atoms with E-state index in [4.69, 9.17) is 18.0 Å². The summed E-state index contributed by atoms with van der Waals surface area (Å²) in [4.78, 5) is 15.4. The fourth-order valence-electron chi connectivity index (χ4n) is 0.867. The molecular weight excluding hydrogens is 229 g/mol. The van der Waals surface area contributed by atoms with Gasteiger partial charge in [-0.05, 0) is 19.9 Å². The van der Waals surface area contributed by atoms with Crippen molar-refractivity contribution in [2.75, 3.05) is 5.32 Å². The van der Waals surface area contributed by atoms with Gasteiger partial charge in [-0.25, -0.2) is 4.39 Å². The Balaban J connectivity index is 2.88. The van der Waals surface area contributed by atoms with E-state index in [9.17, 15) is 9.18 Å². The van der Waals surface area contributed by atoms with E-state index in [2.05, 4.69) is 10.3 Å². The van der Waals surface area contributed by atoms with Gasteiger partial charge in [-0.15, -0.1) is 0 Å². The van der Waals surface area contributed by atoms with Crippen molar-refractivity contribution >= 4 is 28.8 Å². The zero-order chi connectivity index (χ0) is 12.3. The van der Waals surface area contributed by atoms with Crippen molar-refractivity contribution in [1.29, 1.82) is 0 Å². The second-order valence-electron chi connectivity index (χ2n) is 3.80. The highest BCUT2D eigenvalue weighted by Gasteiger charge is 2.31. The van der Waals surface area contributed by atoms with Crippen LogP contribution in [0.25, 0.3) is 0 Å². The second-order valence-corrected chi connectivity index (χ2v) is 4.24. The van der Waals surface area contributed by atoms with Gasteiger partial charge < -0.3 is 11.1 Å². The van der Waals surface area contributed by atoms with E-state index >= 15 is 0 Å². The molecule has 6 heteroatoms. The number of nitrogens with two attached hydrogens (primary N) is 1. The lowest BCUT2D eigenvalue weighted by atomic mass is 9.92. The smallest absolute Gasteiger partial charge is 0.236 e. The van der Waals surface area contributed by atoms with E-state index in [0.29, 0.717) is 0 Å². The highest BCUT2D eigenvalue weighted by Crippen LogP contribution is 2.20. The molecule has 0 spiro atoms. The van der Waals surface area contributed by atoms with Gasteiger partial charge >= 0.3 is 0 Å². The summed E-state index contributed by atoms with van der Waals surface area (Å²) in [5.41, 5.74) is 4.46. The van der Waals surface area contributed by atoms with Crippen molar-refractivity contribution in [3.63, 3.8) is 0 Å². The van der Waals surface area contributed by atoms with Crippen LogP contribution in [-0.2, 0) is 4.79 Å². The summed E-state index contributed by atoms with van der Waals surface area (Å²) in [6, 6.07) is 1.36.